The van der Waals surface area contributed by atoms with Gasteiger partial charge in [0.1, 0.15) is 0 Å². The number of nitrogens with one attached hydrogen (secondary N) is 1. The number of furan rings is 1. The van der Waals surface area contributed by atoms with Crippen molar-refractivity contribution in [2.24, 2.45) is 5.84 Å². The van der Waals surface area contributed by atoms with E-state index in [0.29, 0.717) is 12.7 Å². The van der Waals surface area contributed by atoms with Crippen LogP contribution in [-0.2, 0) is 11.3 Å². The van der Waals surface area contributed by atoms with E-state index in [4.69, 9.17) is 15.0 Å². The zero-order valence-electron chi connectivity index (χ0n) is 9.07. The van der Waals surface area contributed by atoms with Crippen molar-refractivity contribution in [1.82, 2.24) is 5.43 Å². The van der Waals surface area contributed by atoms with Crippen LogP contribution in [0.2, 0.25) is 0 Å². The van der Waals surface area contributed by atoms with Gasteiger partial charge in [0, 0.05) is 5.56 Å². The summed E-state index contributed by atoms with van der Waals surface area (Å²) < 4.78 is 10.8. The van der Waals surface area contributed by atoms with Gasteiger partial charge in [-0.05, 0) is 18.9 Å². The Bertz CT molecular complexity index is 356. The molecule has 3 N–H and O–H groups in total. The van der Waals surface area contributed by atoms with Gasteiger partial charge >= 0.3 is 5.91 Å². The number of ether oxygens (including phenoxy) is 1. The van der Waals surface area contributed by atoms with Crippen LogP contribution in [0.5, 0.6) is 0 Å². The lowest BCUT2D eigenvalue weighted by atomic mass is 10.2. The molecule has 0 saturated heterocycles. The van der Waals surface area contributed by atoms with Crippen LogP contribution < -0.4 is 11.3 Å². The Morgan fingerprint density at radius 2 is 2.31 bits per heavy atom. The minimum atomic E-state index is -0.421. The molecule has 1 saturated carbocycles. The molecule has 16 heavy (non-hydrogen) atoms. The van der Waals surface area contributed by atoms with Crippen molar-refractivity contribution in [3.8, 4) is 0 Å². The van der Waals surface area contributed by atoms with E-state index in [0.717, 1.165) is 18.4 Å². The van der Waals surface area contributed by atoms with Crippen molar-refractivity contribution in [3.63, 3.8) is 0 Å². The van der Waals surface area contributed by atoms with Crippen LogP contribution in [0, 0.1) is 0 Å². The topological polar surface area (TPSA) is 77.5 Å². The predicted molar refractivity (Wildman–Crippen MR) is 57.4 cm³/mol. The molecule has 0 atom stereocenters. The molecule has 88 valence electrons. The predicted octanol–water partition coefficient (Wildman–Crippen LogP) is 1.34. The number of nitrogens with two attached hydrogens (primary N) is 1. The van der Waals surface area contributed by atoms with Crippen molar-refractivity contribution in [2.75, 3.05) is 0 Å². The number of hydrogen-bond donors (Lipinski definition) is 2. The second-order valence-corrected chi connectivity index (χ2v) is 3.97. The molecule has 1 aromatic heterocycles. The molecule has 0 unspecified atom stereocenters. The van der Waals surface area contributed by atoms with E-state index in [1.54, 1.807) is 6.07 Å². The maximum atomic E-state index is 11.3. The average molecular weight is 224 g/mol. The summed E-state index contributed by atoms with van der Waals surface area (Å²) >= 11 is 0. The first kappa shape index (κ1) is 11.2. The normalized spacial score (nSPS) is 16.6. The van der Waals surface area contributed by atoms with E-state index in [1.165, 1.54) is 19.1 Å². The Balaban J connectivity index is 1.93. The molecule has 0 spiro atoms. The molecule has 1 amide bonds. The summed E-state index contributed by atoms with van der Waals surface area (Å²) in [4.78, 5) is 11.3. The van der Waals surface area contributed by atoms with E-state index < -0.39 is 5.91 Å². The zero-order valence-corrected chi connectivity index (χ0v) is 9.07. The first-order chi connectivity index (χ1) is 7.81. The van der Waals surface area contributed by atoms with Crippen molar-refractivity contribution >= 4 is 5.91 Å². The van der Waals surface area contributed by atoms with Crippen molar-refractivity contribution in [2.45, 2.75) is 38.4 Å². The Kier molecular flexibility index (Phi) is 3.58. The quantitative estimate of drug-likeness (QED) is 0.459. The van der Waals surface area contributed by atoms with Gasteiger partial charge in [0.05, 0.1) is 19.0 Å². The molecule has 1 aliphatic rings. The molecule has 0 bridgehead atoms. The smallest absolute Gasteiger partial charge is 0.301 e. The van der Waals surface area contributed by atoms with Crippen LogP contribution in [0.25, 0.3) is 0 Å². The molecule has 0 aromatic carbocycles. The Morgan fingerprint density at radius 1 is 1.56 bits per heavy atom. The molecule has 1 heterocycles. The van der Waals surface area contributed by atoms with Gasteiger partial charge in [-0.15, -0.1) is 0 Å². The summed E-state index contributed by atoms with van der Waals surface area (Å²) in [5, 5.41) is 0. The number of carbonyl (C=O) groups excluding carboxylic acids is 1. The molecular weight excluding hydrogens is 208 g/mol. The van der Waals surface area contributed by atoms with Crippen LogP contribution in [0.4, 0.5) is 0 Å². The number of hydrogen-bond acceptors (Lipinski definition) is 4. The Labute approximate surface area is 93.9 Å². The molecule has 1 fully saturated rings. The molecule has 2 rings (SSSR count). The van der Waals surface area contributed by atoms with E-state index >= 15 is 0 Å². The fourth-order valence-corrected chi connectivity index (χ4v) is 1.98. The van der Waals surface area contributed by atoms with Crippen molar-refractivity contribution < 1.29 is 13.9 Å². The van der Waals surface area contributed by atoms with Crippen LogP contribution in [0.3, 0.4) is 0 Å². The van der Waals surface area contributed by atoms with Crippen molar-refractivity contribution in [1.29, 1.82) is 0 Å². The number of carbonyl (C=O) groups is 1. The molecule has 5 heteroatoms. The highest BCUT2D eigenvalue weighted by molar-refractivity contribution is 5.92. The van der Waals surface area contributed by atoms with E-state index in [2.05, 4.69) is 0 Å². The molecule has 0 aliphatic heterocycles. The van der Waals surface area contributed by atoms with E-state index in [9.17, 15) is 4.79 Å². The summed E-state index contributed by atoms with van der Waals surface area (Å²) in [6.45, 7) is 0.407. The SMILES string of the molecule is NNC(=O)c1occc1COC1CCCC1. The number of rotatable bonds is 4. The molecule has 0 radical (unpaired) electrons. The summed E-state index contributed by atoms with van der Waals surface area (Å²) in [6.07, 6.45) is 6.46. The second-order valence-electron chi connectivity index (χ2n) is 3.97. The fourth-order valence-electron chi connectivity index (χ4n) is 1.98. The maximum Gasteiger partial charge on any atom is 0.301 e. The third-order valence-electron chi connectivity index (χ3n) is 2.86. The third-order valence-corrected chi connectivity index (χ3v) is 2.86. The van der Waals surface area contributed by atoms with Gasteiger partial charge in [-0.3, -0.25) is 10.2 Å². The lowest BCUT2D eigenvalue weighted by Gasteiger charge is -2.10. The largest absolute Gasteiger partial charge is 0.459 e. The van der Waals surface area contributed by atoms with Crippen LogP contribution in [0.1, 0.15) is 41.8 Å². The number of nitrogen functional groups attached to an aromatic ring is 1. The number of amides is 1. The van der Waals surface area contributed by atoms with Crippen molar-refractivity contribution in [3.05, 3.63) is 23.7 Å². The highest BCUT2D eigenvalue weighted by Crippen LogP contribution is 2.23. The van der Waals surface area contributed by atoms with Crippen LogP contribution in [0.15, 0.2) is 16.7 Å². The Hall–Kier alpha value is -1.33. The van der Waals surface area contributed by atoms with Gasteiger partial charge in [-0.2, -0.15) is 0 Å². The van der Waals surface area contributed by atoms with Gasteiger partial charge in [0.2, 0.25) is 0 Å². The van der Waals surface area contributed by atoms with Gasteiger partial charge in [-0.25, -0.2) is 5.84 Å². The monoisotopic (exact) mass is 224 g/mol. The molecule has 5 nitrogen and oxygen atoms in total. The summed E-state index contributed by atoms with van der Waals surface area (Å²) in [5.74, 6) is 4.87. The summed E-state index contributed by atoms with van der Waals surface area (Å²) in [5.41, 5.74) is 2.79. The maximum absolute atomic E-state index is 11.3. The zero-order chi connectivity index (χ0) is 11.4. The first-order valence-corrected chi connectivity index (χ1v) is 5.50. The van der Waals surface area contributed by atoms with E-state index in [-0.39, 0.29) is 5.76 Å². The minimum Gasteiger partial charge on any atom is -0.459 e. The van der Waals surface area contributed by atoms with Gasteiger partial charge < -0.3 is 9.15 Å². The lowest BCUT2D eigenvalue weighted by molar-refractivity contribution is 0.0445. The first-order valence-electron chi connectivity index (χ1n) is 5.50. The molecule has 1 aliphatic carbocycles. The molecular formula is C11H16N2O3. The highest BCUT2D eigenvalue weighted by Gasteiger charge is 2.18. The number of hydrazine groups is 1. The highest BCUT2D eigenvalue weighted by atomic mass is 16.5. The summed E-state index contributed by atoms with van der Waals surface area (Å²) in [6, 6.07) is 1.74. The standard InChI is InChI=1S/C11H16N2O3/c12-13-11(14)10-8(5-6-15-10)7-16-9-3-1-2-4-9/h5-6,9H,1-4,7,12H2,(H,13,14). The minimum absolute atomic E-state index is 0.237. The van der Waals surface area contributed by atoms with Crippen LogP contribution >= 0.6 is 0 Å². The second kappa shape index (κ2) is 5.14. The van der Waals surface area contributed by atoms with Gasteiger partial charge in [0.15, 0.2) is 5.76 Å². The van der Waals surface area contributed by atoms with Gasteiger partial charge in [0.25, 0.3) is 0 Å². The average Bonchev–Trinajstić information content (AvgIpc) is 2.96. The Morgan fingerprint density at radius 3 is 3.00 bits per heavy atom. The van der Waals surface area contributed by atoms with E-state index in [1.807, 2.05) is 5.43 Å². The third kappa shape index (κ3) is 2.43. The lowest BCUT2D eigenvalue weighted by Crippen LogP contribution is -2.30. The fraction of sp³-hybridized carbons (Fsp3) is 0.545. The van der Waals surface area contributed by atoms with Crippen LogP contribution in [-0.4, -0.2) is 12.0 Å². The van der Waals surface area contributed by atoms with Gasteiger partial charge in [-0.1, -0.05) is 12.8 Å². The molecule has 1 aromatic rings. The summed E-state index contributed by atoms with van der Waals surface area (Å²) in [7, 11) is 0.